The molecule has 2 aromatic rings. The summed E-state index contributed by atoms with van der Waals surface area (Å²) < 4.78 is 7.17. The van der Waals surface area contributed by atoms with Gasteiger partial charge in [0.2, 0.25) is 11.8 Å². The molecule has 3 unspecified atom stereocenters. The van der Waals surface area contributed by atoms with Crippen LogP contribution in [0.2, 0.25) is 0 Å². The second kappa shape index (κ2) is 9.39. The molecule has 158 valence electrons. The molecule has 3 rings (SSSR count). The Balaban J connectivity index is 0.00000300. The fraction of sp³-hybridized carbons (Fsp3) is 0.450. The summed E-state index contributed by atoms with van der Waals surface area (Å²) in [4.78, 5) is 26.9. The van der Waals surface area contributed by atoms with Crippen LogP contribution < -0.4 is 11.1 Å². The molecule has 1 aromatic heterocycles. The van der Waals surface area contributed by atoms with Crippen LogP contribution in [0.5, 0.6) is 0 Å². The Hall–Kier alpha value is -2.42. The van der Waals surface area contributed by atoms with E-state index in [0.29, 0.717) is 24.3 Å². The maximum absolute atomic E-state index is 12.6. The van der Waals surface area contributed by atoms with Gasteiger partial charge >= 0.3 is 0 Å². The fourth-order valence-electron chi connectivity index (χ4n) is 3.31. The smallest absolute Gasteiger partial charge is 0.248 e. The summed E-state index contributed by atoms with van der Waals surface area (Å²) in [5, 5.41) is 6.96. The highest BCUT2D eigenvalue weighted by atomic mass is 35.5. The van der Waals surface area contributed by atoms with Gasteiger partial charge in [-0.05, 0) is 26.3 Å². The average molecular weight is 422 g/mol. The molecule has 1 aromatic carbocycles. The topological polar surface area (TPSA) is 102 Å². The minimum Gasteiger partial charge on any atom is -0.372 e. The zero-order chi connectivity index (χ0) is 20.3. The zero-order valence-corrected chi connectivity index (χ0v) is 17.7. The van der Waals surface area contributed by atoms with Crippen LogP contribution in [0.25, 0.3) is 0 Å². The van der Waals surface area contributed by atoms with Gasteiger partial charge in [-0.15, -0.1) is 12.4 Å². The fourth-order valence-corrected chi connectivity index (χ4v) is 3.31. The van der Waals surface area contributed by atoms with E-state index in [0.717, 1.165) is 0 Å². The summed E-state index contributed by atoms with van der Waals surface area (Å²) >= 11 is 0. The maximum atomic E-state index is 12.6. The van der Waals surface area contributed by atoms with E-state index in [1.807, 2.05) is 44.2 Å². The third-order valence-corrected chi connectivity index (χ3v) is 4.81. The van der Waals surface area contributed by atoms with E-state index < -0.39 is 5.54 Å². The molecule has 3 N–H and O–H groups in total. The summed E-state index contributed by atoms with van der Waals surface area (Å²) in [5.41, 5.74) is 6.26. The number of hydrogen-bond acceptors (Lipinski definition) is 5. The first-order valence-electron chi connectivity index (χ1n) is 9.37. The highest BCUT2D eigenvalue weighted by Crippen LogP contribution is 2.20. The molecule has 1 aliphatic heterocycles. The number of nitrogens with one attached hydrogen (secondary N) is 1. The lowest BCUT2D eigenvalue weighted by molar-refractivity contribution is -0.144. The number of benzene rings is 1. The van der Waals surface area contributed by atoms with Gasteiger partial charge in [-0.1, -0.05) is 30.3 Å². The lowest BCUT2D eigenvalue weighted by atomic mass is 9.92. The van der Waals surface area contributed by atoms with Crippen molar-refractivity contribution in [3.63, 3.8) is 0 Å². The van der Waals surface area contributed by atoms with Crippen molar-refractivity contribution in [2.75, 3.05) is 18.4 Å². The molecular formula is C20H28ClN5O3. The van der Waals surface area contributed by atoms with Crippen LogP contribution in [-0.2, 0) is 26.4 Å². The second-order valence-electron chi connectivity index (χ2n) is 7.51. The summed E-state index contributed by atoms with van der Waals surface area (Å²) in [7, 11) is 0. The Labute approximate surface area is 176 Å². The Morgan fingerprint density at radius 1 is 1.24 bits per heavy atom. The van der Waals surface area contributed by atoms with Crippen LogP contribution in [0.15, 0.2) is 42.7 Å². The largest absolute Gasteiger partial charge is 0.372 e. The minimum absolute atomic E-state index is 0. The standard InChI is InChI=1S/C20H27N5O3.ClH/c1-14-10-24(11-15(2)28-14)18(26)13-25-12-17(9-22-25)23-19(27)20(3,21)16-7-5-4-6-8-16;/h4-9,12,14-15H,10-11,13,21H2,1-3H3,(H,23,27);1H. The number of rotatable bonds is 5. The van der Waals surface area contributed by atoms with Crippen LogP contribution in [-0.4, -0.2) is 51.8 Å². The number of anilines is 1. The SMILES string of the molecule is CC1CN(C(=O)Cn2cc(NC(=O)C(C)(N)c3ccccc3)cn2)CC(C)O1.Cl. The predicted molar refractivity (Wildman–Crippen MR) is 113 cm³/mol. The summed E-state index contributed by atoms with van der Waals surface area (Å²) in [6, 6.07) is 9.17. The number of carbonyl (C=O) groups excluding carboxylic acids is 2. The van der Waals surface area contributed by atoms with Gasteiger partial charge in [-0.2, -0.15) is 5.10 Å². The molecule has 0 aliphatic carbocycles. The maximum Gasteiger partial charge on any atom is 0.248 e. The number of morpholine rings is 1. The number of halogens is 1. The molecular weight excluding hydrogens is 394 g/mol. The minimum atomic E-state index is -1.18. The molecule has 2 amide bonds. The van der Waals surface area contributed by atoms with Crippen molar-refractivity contribution >= 4 is 29.9 Å². The van der Waals surface area contributed by atoms with Gasteiger partial charge in [-0.25, -0.2) is 0 Å². The lowest BCUT2D eigenvalue weighted by Gasteiger charge is -2.35. The monoisotopic (exact) mass is 421 g/mol. The van der Waals surface area contributed by atoms with E-state index in [9.17, 15) is 9.59 Å². The van der Waals surface area contributed by atoms with E-state index in [-0.39, 0.29) is 43.0 Å². The quantitative estimate of drug-likeness (QED) is 0.765. The van der Waals surface area contributed by atoms with Crippen LogP contribution in [0.4, 0.5) is 5.69 Å². The zero-order valence-electron chi connectivity index (χ0n) is 16.9. The Morgan fingerprint density at radius 3 is 2.48 bits per heavy atom. The van der Waals surface area contributed by atoms with E-state index in [2.05, 4.69) is 10.4 Å². The molecule has 9 heteroatoms. The van der Waals surface area contributed by atoms with E-state index >= 15 is 0 Å². The first-order chi connectivity index (χ1) is 13.3. The molecule has 0 saturated carbocycles. The van der Waals surface area contributed by atoms with Crippen LogP contribution in [0.3, 0.4) is 0 Å². The van der Waals surface area contributed by atoms with Gasteiger partial charge in [0.1, 0.15) is 12.1 Å². The molecule has 2 heterocycles. The predicted octanol–water partition coefficient (Wildman–Crippen LogP) is 1.75. The Kier molecular flexibility index (Phi) is 7.40. The molecule has 0 spiro atoms. The summed E-state index contributed by atoms with van der Waals surface area (Å²) in [5.74, 6) is -0.378. The first-order valence-corrected chi connectivity index (χ1v) is 9.37. The van der Waals surface area contributed by atoms with Crippen LogP contribution >= 0.6 is 12.4 Å². The summed E-state index contributed by atoms with van der Waals surface area (Å²) in [6.07, 6.45) is 3.17. The van der Waals surface area contributed by atoms with Gasteiger partial charge in [-0.3, -0.25) is 14.3 Å². The highest BCUT2D eigenvalue weighted by molar-refractivity contribution is 5.98. The summed E-state index contributed by atoms with van der Waals surface area (Å²) in [6.45, 7) is 6.80. The number of nitrogens with two attached hydrogens (primary N) is 1. The molecule has 3 atom stereocenters. The molecule has 1 fully saturated rings. The van der Waals surface area contributed by atoms with Gasteiger partial charge in [0.15, 0.2) is 0 Å². The lowest BCUT2D eigenvalue weighted by Crippen LogP contribution is -2.49. The number of ether oxygens (including phenoxy) is 1. The molecule has 0 radical (unpaired) electrons. The molecule has 1 aliphatic rings. The third kappa shape index (κ3) is 5.56. The number of nitrogens with zero attached hydrogens (tertiary/aromatic N) is 3. The second-order valence-corrected chi connectivity index (χ2v) is 7.51. The Morgan fingerprint density at radius 2 is 1.86 bits per heavy atom. The first kappa shape index (κ1) is 22.9. The van der Waals surface area contributed by atoms with Crippen LogP contribution in [0.1, 0.15) is 26.3 Å². The normalized spacial score (nSPS) is 21.0. The van der Waals surface area contributed by atoms with Crippen molar-refractivity contribution in [2.24, 2.45) is 5.73 Å². The van der Waals surface area contributed by atoms with Crippen molar-refractivity contribution < 1.29 is 14.3 Å². The number of aromatic nitrogens is 2. The van der Waals surface area contributed by atoms with E-state index in [4.69, 9.17) is 10.5 Å². The third-order valence-electron chi connectivity index (χ3n) is 4.81. The molecule has 1 saturated heterocycles. The molecule has 29 heavy (non-hydrogen) atoms. The molecule has 8 nitrogen and oxygen atoms in total. The van der Waals surface area contributed by atoms with Crippen molar-refractivity contribution in [2.45, 2.75) is 45.1 Å². The average Bonchev–Trinajstić information content (AvgIpc) is 3.08. The Bertz CT molecular complexity index is 830. The number of carbonyl (C=O) groups is 2. The van der Waals surface area contributed by atoms with E-state index in [1.54, 1.807) is 18.0 Å². The highest BCUT2D eigenvalue weighted by Gasteiger charge is 2.31. The number of hydrogen-bond donors (Lipinski definition) is 2. The van der Waals surface area contributed by atoms with Gasteiger partial charge in [0.05, 0.1) is 24.1 Å². The number of amides is 2. The van der Waals surface area contributed by atoms with Crippen molar-refractivity contribution in [3.8, 4) is 0 Å². The van der Waals surface area contributed by atoms with Crippen molar-refractivity contribution in [1.82, 2.24) is 14.7 Å². The molecule has 0 bridgehead atoms. The van der Waals surface area contributed by atoms with Crippen LogP contribution in [0, 0.1) is 0 Å². The van der Waals surface area contributed by atoms with Crippen molar-refractivity contribution in [1.29, 1.82) is 0 Å². The van der Waals surface area contributed by atoms with Crippen molar-refractivity contribution in [3.05, 3.63) is 48.3 Å². The van der Waals surface area contributed by atoms with Gasteiger partial charge < -0.3 is 20.7 Å². The van der Waals surface area contributed by atoms with Gasteiger partial charge in [0, 0.05) is 19.3 Å². The van der Waals surface area contributed by atoms with Gasteiger partial charge in [0.25, 0.3) is 0 Å². The van der Waals surface area contributed by atoms with E-state index in [1.165, 1.54) is 10.9 Å².